The lowest BCUT2D eigenvalue weighted by atomic mass is 10.1. The number of nitrogens with zero attached hydrogens (tertiary/aromatic N) is 1. The summed E-state index contributed by atoms with van der Waals surface area (Å²) in [5, 5.41) is 9.43. The molecule has 0 aliphatic heterocycles. The van der Waals surface area contributed by atoms with Crippen molar-refractivity contribution in [2.24, 2.45) is 4.99 Å². The maximum Gasteiger partial charge on any atom is 0.291 e. The van der Waals surface area contributed by atoms with E-state index in [1.54, 1.807) is 19.2 Å². The van der Waals surface area contributed by atoms with E-state index in [9.17, 15) is 4.79 Å². The summed E-state index contributed by atoms with van der Waals surface area (Å²) in [6.07, 6.45) is 2.40. The van der Waals surface area contributed by atoms with Gasteiger partial charge in [0.2, 0.25) is 0 Å². The fourth-order valence-electron chi connectivity index (χ4n) is 2.74. The van der Waals surface area contributed by atoms with Crippen molar-refractivity contribution in [2.45, 2.75) is 13.0 Å². The Bertz CT molecular complexity index is 912. The van der Waals surface area contributed by atoms with Crippen LogP contribution in [0.3, 0.4) is 0 Å². The van der Waals surface area contributed by atoms with Gasteiger partial charge in [-0.05, 0) is 41.8 Å². The number of nitrogens with one attached hydrogen (secondary N) is 3. The predicted molar refractivity (Wildman–Crippen MR) is 127 cm³/mol. The number of carbonyl (C=O) groups is 1. The average molecular weight is 504 g/mol. The molecule has 1 heterocycles. The molecule has 0 bridgehead atoms. The Labute approximate surface area is 187 Å². The Hall–Kier alpha value is -2.81. The standard InChI is InChI=1S/C22H24N4O2.HI/c1-23-22(24-13-12-17-7-3-2-4-8-17)25-16-18-9-5-10-19(15-18)26-21(27)20-11-6-14-28-20;/h2-11,14-15H,12-13,16H2,1H3,(H,26,27)(H2,23,24,25);1H. The summed E-state index contributed by atoms with van der Waals surface area (Å²) < 4.78 is 5.11. The number of aliphatic imine (C=N–C) groups is 1. The highest BCUT2D eigenvalue weighted by Crippen LogP contribution is 2.12. The molecule has 0 saturated carbocycles. The minimum Gasteiger partial charge on any atom is -0.459 e. The van der Waals surface area contributed by atoms with Crippen LogP contribution in [0, 0.1) is 0 Å². The molecule has 1 amide bonds. The fraction of sp³-hybridized carbons (Fsp3) is 0.182. The van der Waals surface area contributed by atoms with Gasteiger partial charge in [-0.2, -0.15) is 0 Å². The van der Waals surface area contributed by atoms with Crippen LogP contribution in [-0.2, 0) is 13.0 Å². The lowest BCUT2D eigenvalue weighted by Crippen LogP contribution is -2.37. The molecular weight excluding hydrogens is 479 g/mol. The first-order valence-electron chi connectivity index (χ1n) is 9.17. The third kappa shape index (κ3) is 7.26. The lowest BCUT2D eigenvalue weighted by Gasteiger charge is -2.13. The van der Waals surface area contributed by atoms with Crippen molar-refractivity contribution < 1.29 is 9.21 Å². The number of anilines is 1. The van der Waals surface area contributed by atoms with E-state index in [0.29, 0.717) is 12.2 Å². The number of amides is 1. The van der Waals surface area contributed by atoms with Crippen LogP contribution in [0.1, 0.15) is 21.7 Å². The van der Waals surface area contributed by atoms with Crippen LogP contribution in [0.25, 0.3) is 0 Å². The maximum atomic E-state index is 12.1. The minimum atomic E-state index is -0.270. The Kier molecular flexibility index (Phi) is 9.23. The second kappa shape index (κ2) is 11.9. The van der Waals surface area contributed by atoms with Gasteiger partial charge in [-0.1, -0.05) is 42.5 Å². The second-order valence-corrected chi connectivity index (χ2v) is 6.22. The molecule has 0 saturated heterocycles. The smallest absolute Gasteiger partial charge is 0.291 e. The van der Waals surface area contributed by atoms with Crippen LogP contribution < -0.4 is 16.0 Å². The molecule has 0 spiro atoms. The molecule has 0 atom stereocenters. The fourth-order valence-corrected chi connectivity index (χ4v) is 2.74. The largest absolute Gasteiger partial charge is 0.459 e. The number of hydrogen-bond acceptors (Lipinski definition) is 3. The van der Waals surface area contributed by atoms with Crippen LogP contribution in [0.4, 0.5) is 5.69 Å². The van der Waals surface area contributed by atoms with Gasteiger partial charge in [-0.25, -0.2) is 0 Å². The van der Waals surface area contributed by atoms with E-state index in [1.165, 1.54) is 11.8 Å². The predicted octanol–water partition coefficient (Wildman–Crippen LogP) is 4.06. The molecule has 0 radical (unpaired) electrons. The van der Waals surface area contributed by atoms with Crippen molar-refractivity contribution in [3.63, 3.8) is 0 Å². The third-order valence-corrected chi connectivity index (χ3v) is 4.16. The topological polar surface area (TPSA) is 78.7 Å². The molecule has 7 heteroatoms. The minimum absolute atomic E-state index is 0. The molecule has 6 nitrogen and oxygen atoms in total. The molecule has 3 rings (SSSR count). The molecule has 0 fully saturated rings. The molecule has 2 aromatic carbocycles. The van der Waals surface area contributed by atoms with Gasteiger partial charge >= 0.3 is 0 Å². The molecule has 3 aromatic rings. The number of hydrogen-bond donors (Lipinski definition) is 3. The van der Waals surface area contributed by atoms with Crippen molar-refractivity contribution in [1.82, 2.24) is 10.6 Å². The number of guanidine groups is 1. The summed E-state index contributed by atoms with van der Waals surface area (Å²) in [7, 11) is 1.75. The van der Waals surface area contributed by atoms with Crippen LogP contribution in [0.2, 0.25) is 0 Å². The third-order valence-electron chi connectivity index (χ3n) is 4.16. The zero-order valence-corrected chi connectivity index (χ0v) is 18.6. The first-order valence-corrected chi connectivity index (χ1v) is 9.17. The molecule has 0 aliphatic rings. The van der Waals surface area contributed by atoms with E-state index in [1.807, 2.05) is 42.5 Å². The van der Waals surface area contributed by atoms with Crippen LogP contribution in [0.5, 0.6) is 0 Å². The van der Waals surface area contributed by atoms with Crippen LogP contribution in [-0.4, -0.2) is 25.5 Å². The molecule has 1 aromatic heterocycles. The highest BCUT2D eigenvalue weighted by atomic mass is 127. The zero-order chi connectivity index (χ0) is 19.6. The summed E-state index contributed by atoms with van der Waals surface area (Å²) >= 11 is 0. The number of benzene rings is 2. The maximum absolute atomic E-state index is 12.1. The van der Waals surface area contributed by atoms with Crippen LogP contribution in [0.15, 0.2) is 82.4 Å². The lowest BCUT2D eigenvalue weighted by molar-refractivity contribution is 0.0996. The summed E-state index contributed by atoms with van der Waals surface area (Å²) in [4.78, 5) is 16.3. The molecule has 29 heavy (non-hydrogen) atoms. The van der Waals surface area contributed by atoms with Crippen molar-refractivity contribution >= 4 is 41.5 Å². The van der Waals surface area contributed by atoms with Crippen LogP contribution >= 0.6 is 24.0 Å². The number of furan rings is 1. The van der Waals surface area contributed by atoms with Crippen molar-refractivity contribution in [2.75, 3.05) is 18.9 Å². The molecular formula is C22H25IN4O2. The van der Waals surface area contributed by atoms with Crippen molar-refractivity contribution in [3.05, 3.63) is 89.9 Å². The van der Waals surface area contributed by atoms with Crippen molar-refractivity contribution in [3.8, 4) is 0 Å². The number of rotatable bonds is 7. The Morgan fingerprint density at radius 1 is 0.966 bits per heavy atom. The number of halogens is 1. The van der Waals surface area contributed by atoms with Gasteiger partial charge < -0.3 is 20.4 Å². The molecule has 3 N–H and O–H groups in total. The molecule has 152 valence electrons. The van der Waals surface area contributed by atoms with Crippen molar-refractivity contribution in [1.29, 1.82) is 0 Å². The first-order chi connectivity index (χ1) is 13.7. The summed E-state index contributed by atoms with van der Waals surface area (Å²) in [5.74, 6) is 0.751. The van der Waals surface area contributed by atoms with Gasteiger partial charge in [0.1, 0.15) is 0 Å². The van der Waals surface area contributed by atoms with Gasteiger partial charge in [0.15, 0.2) is 11.7 Å². The number of carbonyl (C=O) groups excluding carboxylic acids is 1. The first kappa shape index (κ1) is 22.5. The quantitative estimate of drug-likeness (QED) is 0.258. The van der Waals surface area contributed by atoms with E-state index in [2.05, 4.69) is 33.1 Å². The van der Waals surface area contributed by atoms with Gasteiger partial charge in [0.05, 0.1) is 6.26 Å². The second-order valence-electron chi connectivity index (χ2n) is 6.22. The summed E-state index contributed by atoms with van der Waals surface area (Å²) in [6, 6.07) is 21.3. The highest BCUT2D eigenvalue weighted by Gasteiger charge is 2.08. The van der Waals surface area contributed by atoms with Gasteiger partial charge in [0, 0.05) is 25.8 Å². The average Bonchev–Trinajstić information content (AvgIpc) is 3.27. The summed E-state index contributed by atoms with van der Waals surface area (Å²) in [5.41, 5.74) is 3.03. The van der Waals surface area contributed by atoms with E-state index in [0.717, 1.165) is 24.5 Å². The monoisotopic (exact) mass is 504 g/mol. The Morgan fingerprint density at radius 3 is 2.48 bits per heavy atom. The zero-order valence-electron chi connectivity index (χ0n) is 16.2. The van der Waals surface area contributed by atoms with Gasteiger partial charge in [-0.3, -0.25) is 9.79 Å². The SMILES string of the molecule is CN=C(NCCc1ccccc1)NCc1cccc(NC(=O)c2ccco2)c1.I. The highest BCUT2D eigenvalue weighted by molar-refractivity contribution is 14.0. The van der Waals surface area contributed by atoms with Gasteiger partial charge in [0.25, 0.3) is 5.91 Å². The van der Waals surface area contributed by atoms with Gasteiger partial charge in [-0.15, -0.1) is 24.0 Å². The Balaban J connectivity index is 0.00000300. The normalized spacial score (nSPS) is 10.7. The van der Waals surface area contributed by atoms with E-state index in [-0.39, 0.29) is 35.6 Å². The van der Waals surface area contributed by atoms with E-state index < -0.39 is 0 Å². The van der Waals surface area contributed by atoms with E-state index in [4.69, 9.17) is 4.42 Å². The molecule has 0 unspecified atom stereocenters. The summed E-state index contributed by atoms with van der Waals surface area (Å²) in [6.45, 7) is 1.39. The Morgan fingerprint density at radius 2 is 1.76 bits per heavy atom. The molecule has 0 aliphatic carbocycles. The van der Waals surface area contributed by atoms with E-state index >= 15 is 0 Å².